The zero-order valence-corrected chi connectivity index (χ0v) is 26.5. The van der Waals surface area contributed by atoms with Crippen LogP contribution in [0.15, 0.2) is 67.1 Å². The number of likely N-dealkylation sites (N-methyl/N-ethyl adjacent to an activating group) is 1. The highest BCUT2D eigenvalue weighted by molar-refractivity contribution is 5.99. The Hall–Kier alpha value is -5.16. The molecular formula is C36H37FN8O2. The standard InChI is InChI=1S/C36H37FN8O2/c1-45(2)12-13-47-27-17-23(15-25(37)18-27)34-28-19-32(41-30(28)10-11-39-34)36-35-31(43-44-36)9-8-29(42-35)24-16-26(21-38-20-24)40-33(46)14-22-6-4-3-5-7-22/h8-11,15-22,41H,3-7,12-14H2,1-2H3,(H,40,46)(H,43,44). The predicted molar refractivity (Wildman–Crippen MR) is 181 cm³/mol. The summed E-state index contributed by atoms with van der Waals surface area (Å²) in [6.45, 7) is 1.16. The van der Waals surface area contributed by atoms with E-state index in [-0.39, 0.29) is 5.91 Å². The van der Waals surface area contributed by atoms with Gasteiger partial charge in [0.15, 0.2) is 0 Å². The minimum absolute atomic E-state index is 0.0235. The van der Waals surface area contributed by atoms with Crippen molar-refractivity contribution in [1.82, 2.24) is 35.0 Å². The number of H-pyrrole nitrogens is 2. The molecular weight excluding hydrogens is 595 g/mol. The van der Waals surface area contributed by atoms with E-state index in [2.05, 4.69) is 30.5 Å². The highest BCUT2D eigenvalue weighted by atomic mass is 19.1. The molecule has 1 aliphatic carbocycles. The van der Waals surface area contributed by atoms with Crippen LogP contribution in [0.4, 0.5) is 10.1 Å². The fourth-order valence-corrected chi connectivity index (χ4v) is 6.30. The van der Waals surface area contributed by atoms with E-state index in [1.54, 1.807) is 18.6 Å². The third-order valence-corrected chi connectivity index (χ3v) is 8.68. The molecule has 5 heterocycles. The first-order chi connectivity index (χ1) is 22.9. The van der Waals surface area contributed by atoms with Gasteiger partial charge in [0.2, 0.25) is 5.91 Å². The first kappa shape index (κ1) is 30.5. The maximum Gasteiger partial charge on any atom is 0.224 e. The molecule has 0 spiro atoms. The molecule has 1 aliphatic rings. The number of aromatic amines is 2. The number of fused-ring (bicyclic) bond motifs is 2. The number of aromatic nitrogens is 6. The summed E-state index contributed by atoms with van der Waals surface area (Å²) in [5, 5.41) is 11.5. The molecule has 6 aromatic rings. The van der Waals surface area contributed by atoms with E-state index in [4.69, 9.17) is 9.72 Å². The molecule has 11 heteroatoms. The second kappa shape index (κ2) is 13.3. The lowest BCUT2D eigenvalue weighted by Gasteiger charge is -2.20. The zero-order valence-electron chi connectivity index (χ0n) is 26.5. The van der Waals surface area contributed by atoms with Crippen molar-refractivity contribution in [2.45, 2.75) is 38.5 Å². The summed E-state index contributed by atoms with van der Waals surface area (Å²) >= 11 is 0. The third-order valence-electron chi connectivity index (χ3n) is 8.68. The number of pyridine rings is 3. The average molecular weight is 633 g/mol. The number of anilines is 1. The minimum atomic E-state index is -0.394. The van der Waals surface area contributed by atoms with Crippen molar-refractivity contribution in [2.75, 3.05) is 32.6 Å². The normalized spacial score (nSPS) is 13.9. The van der Waals surface area contributed by atoms with Crippen molar-refractivity contribution >= 4 is 33.5 Å². The zero-order chi connectivity index (χ0) is 32.3. The number of hydrogen-bond acceptors (Lipinski definition) is 7. The molecule has 1 saturated carbocycles. The second-order valence-corrected chi connectivity index (χ2v) is 12.5. The molecule has 0 saturated heterocycles. The van der Waals surface area contributed by atoms with Gasteiger partial charge in [-0.2, -0.15) is 5.10 Å². The molecule has 0 unspecified atom stereocenters. The summed E-state index contributed by atoms with van der Waals surface area (Å²) in [4.78, 5) is 32.2. The van der Waals surface area contributed by atoms with Gasteiger partial charge >= 0.3 is 0 Å². The molecule has 5 aromatic heterocycles. The van der Waals surface area contributed by atoms with E-state index < -0.39 is 5.82 Å². The van der Waals surface area contributed by atoms with Crippen LogP contribution < -0.4 is 10.1 Å². The molecule has 0 atom stereocenters. The minimum Gasteiger partial charge on any atom is -0.492 e. The van der Waals surface area contributed by atoms with Crippen molar-refractivity contribution in [3.63, 3.8) is 0 Å². The molecule has 0 aliphatic heterocycles. The number of ether oxygens (including phenoxy) is 1. The van der Waals surface area contributed by atoms with Crippen LogP contribution in [-0.2, 0) is 4.79 Å². The van der Waals surface area contributed by atoms with E-state index >= 15 is 0 Å². The molecule has 7 rings (SSSR count). The van der Waals surface area contributed by atoms with Crippen LogP contribution in [-0.4, -0.2) is 68.2 Å². The summed E-state index contributed by atoms with van der Waals surface area (Å²) in [5.41, 5.74) is 7.05. The summed E-state index contributed by atoms with van der Waals surface area (Å²) in [7, 11) is 3.92. The van der Waals surface area contributed by atoms with Crippen LogP contribution in [0.3, 0.4) is 0 Å². The van der Waals surface area contributed by atoms with Crippen LogP contribution in [0.2, 0.25) is 0 Å². The van der Waals surface area contributed by atoms with Gasteiger partial charge in [-0.25, -0.2) is 9.37 Å². The van der Waals surface area contributed by atoms with Gasteiger partial charge < -0.3 is 19.9 Å². The van der Waals surface area contributed by atoms with Crippen LogP contribution in [0.25, 0.3) is 55.8 Å². The smallest absolute Gasteiger partial charge is 0.224 e. The molecule has 1 fully saturated rings. The number of amides is 1. The van der Waals surface area contributed by atoms with Crippen LogP contribution in [0.5, 0.6) is 5.75 Å². The van der Waals surface area contributed by atoms with Gasteiger partial charge in [-0.3, -0.25) is 19.9 Å². The molecule has 240 valence electrons. The van der Waals surface area contributed by atoms with Crippen LogP contribution in [0.1, 0.15) is 38.5 Å². The van der Waals surface area contributed by atoms with E-state index in [1.165, 1.54) is 31.4 Å². The Morgan fingerprint density at radius 2 is 1.87 bits per heavy atom. The van der Waals surface area contributed by atoms with Gasteiger partial charge in [0.1, 0.15) is 29.4 Å². The molecule has 3 N–H and O–H groups in total. The van der Waals surface area contributed by atoms with Crippen LogP contribution in [0, 0.1) is 11.7 Å². The largest absolute Gasteiger partial charge is 0.492 e. The van der Waals surface area contributed by atoms with Gasteiger partial charge in [-0.05, 0) is 75.3 Å². The lowest BCUT2D eigenvalue weighted by molar-refractivity contribution is -0.117. The van der Waals surface area contributed by atoms with Crippen molar-refractivity contribution in [3.05, 3.63) is 72.9 Å². The highest BCUT2D eigenvalue weighted by Crippen LogP contribution is 2.35. The van der Waals surface area contributed by atoms with Crippen molar-refractivity contribution < 1.29 is 13.9 Å². The molecule has 47 heavy (non-hydrogen) atoms. The molecule has 0 bridgehead atoms. The molecule has 1 amide bonds. The van der Waals surface area contributed by atoms with Crippen LogP contribution >= 0.6 is 0 Å². The Kier molecular flexibility index (Phi) is 8.62. The van der Waals surface area contributed by atoms with E-state index in [9.17, 15) is 9.18 Å². The molecule has 10 nitrogen and oxygen atoms in total. The molecule has 1 aromatic carbocycles. The monoisotopic (exact) mass is 632 g/mol. The van der Waals surface area contributed by atoms with Gasteiger partial charge in [-0.1, -0.05) is 19.3 Å². The second-order valence-electron chi connectivity index (χ2n) is 12.5. The topological polar surface area (TPSA) is 125 Å². The number of benzene rings is 1. The van der Waals surface area contributed by atoms with Crippen molar-refractivity contribution in [3.8, 4) is 39.7 Å². The first-order valence-corrected chi connectivity index (χ1v) is 16.1. The van der Waals surface area contributed by atoms with E-state index in [1.807, 2.05) is 55.4 Å². The third kappa shape index (κ3) is 6.85. The van der Waals surface area contributed by atoms with E-state index in [0.29, 0.717) is 65.1 Å². The quantitative estimate of drug-likeness (QED) is 0.146. The van der Waals surface area contributed by atoms with Gasteiger partial charge in [0.25, 0.3) is 0 Å². The van der Waals surface area contributed by atoms with Gasteiger partial charge in [0, 0.05) is 53.5 Å². The lowest BCUT2D eigenvalue weighted by atomic mass is 9.87. The summed E-state index contributed by atoms with van der Waals surface area (Å²) in [5.74, 6) is 0.539. The van der Waals surface area contributed by atoms with Gasteiger partial charge in [-0.15, -0.1) is 0 Å². The highest BCUT2D eigenvalue weighted by Gasteiger charge is 2.19. The Bertz CT molecular complexity index is 2050. The fourth-order valence-electron chi connectivity index (χ4n) is 6.30. The number of halogens is 1. The lowest BCUT2D eigenvalue weighted by Crippen LogP contribution is -2.19. The van der Waals surface area contributed by atoms with Crippen molar-refractivity contribution in [2.24, 2.45) is 5.92 Å². The summed E-state index contributed by atoms with van der Waals surface area (Å²) in [6.07, 6.45) is 11.6. The van der Waals surface area contributed by atoms with E-state index in [0.717, 1.165) is 40.5 Å². The number of carbonyl (C=O) groups is 1. The Labute approximate surface area is 271 Å². The Balaban J connectivity index is 1.16. The Morgan fingerprint density at radius 1 is 1.00 bits per heavy atom. The molecule has 0 radical (unpaired) electrons. The number of nitrogens with one attached hydrogen (secondary N) is 3. The maximum absolute atomic E-state index is 14.7. The Morgan fingerprint density at radius 3 is 2.72 bits per heavy atom. The van der Waals surface area contributed by atoms with Crippen molar-refractivity contribution in [1.29, 1.82) is 0 Å². The average Bonchev–Trinajstić information content (AvgIpc) is 3.69. The number of rotatable bonds is 10. The summed E-state index contributed by atoms with van der Waals surface area (Å²) < 4.78 is 20.5. The number of nitrogens with zero attached hydrogens (tertiary/aromatic N) is 5. The first-order valence-electron chi connectivity index (χ1n) is 16.1. The van der Waals surface area contributed by atoms with Gasteiger partial charge in [0.05, 0.1) is 34.5 Å². The summed E-state index contributed by atoms with van der Waals surface area (Å²) in [6, 6.07) is 14.2. The fraction of sp³-hybridized carbons (Fsp3) is 0.306. The number of hydrogen-bond donors (Lipinski definition) is 3. The predicted octanol–water partition coefficient (Wildman–Crippen LogP) is 7.22. The SMILES string of the molecule is CN(C)CCOc1cc(F)cc(-c2nccc3[nH]c(-c4n[nH]c5ccc(-c6cncc(NC(=O)CC7CCCCC7)c6)nc45)cc23)c1. The maximum atomic E-state index is 14.7. The number of carbonyl (C=O) groups excluding carboxylic acids is 1.